The van der Waals surface area contributed by atoms with E-state index in [2.05, 4.69) is 58.4 Å². The highest BCUT2D eigenvalue weighted by atomic mass is 19.1. The van der Waals surface area contributed by atoms with E-state index in [1.807, 2.05) is 48.5 Å². The molecule has 0 fully saturated rings. The van der Waals surface area contributed by atoms with Crippen molar-refractivity contribution in [1.82, 2.24) is 0 Å². The molecule has 47 heavy (non-hydrogen) atoms. The summed E-state index contributed by atoms with van der Waals surface area (Å²) < 4.78 is 31.4. The van der Waals surface area contributed by atoms with E-state index in [1.54, 1.807) is 53.4 Å². The van der Waals surface area contributed by atoms with Gasteiger partial charge < -0.3 is 9.64 Å². The topological polar surface area (TPSA) is 86.6 Å². The summed E-state index contributed by atoms with van der Waals surface area (Å²) in [4.78, 5) is 1.65. The maximum Gasteiger partial charge on any atom is 0.119 e. The van der Waals surface area contributed by atoms with Crippen LogP contribution in [0.15, 0.2) is 128 Å². The predicted molar refractivity (Wildman–Crippen MR) is 186 cm³/mol. The fourth-order valence-electron chi connectivity index (χ4n) is 4.96. The SMILES string of the molecule is CC(CCOc1ccc(/N=N/c2ccc(/N=N/c3ccc(/N=N/c4ccc(N(CCF)CCF)cc4)cc3)cc2)cc1)CC(C)(C)C. The summed E-state index contributed by atoms with van der Waals surface area (Å²) in [6.07, 6.45) is 2.21. The number of azo groups is 3. The molecule has 0 radical (unpaired) electrons. The van der Waals surface area contributed by atoms with Crippen LogP contribution in [0.1, 0.15) is 40.5 Å². The van der Waals surface area contributed by atoms with Crippen LogP contribution in [0.25, 0.3) is 0 Å². The number of anilines is 1. The van der Waals surface area contributed by atoms with Crippen molar-refractivity contribution in [3.8, 4) is 5.75 Å². The highest BCUT2D eigenvalue weighted by molar-refractivity contribution is 5.54. The maximum absolute atomic E-state index is 12.7. The second kappa shape index (κ2) is 17.7. The van der Waals surface area contributed by atoms with E-state index in [9.17, 15) is 8.78 Å². The minimum Gasteiger partial charge on any atom is -0.494 e. The van der Waals surface area contributed by atoms with E-state index in [4.69, 9.17) is 4.74 Å². The minimum atomic E-state index is -0.540. The second-order valence-electron chi connectivity index (χ2n) is 12.5. The summed E-state index contributed by atoms with van der Waals surface area (Å²) in [6, 6.07) is 29.3. The number of nitrogens with zero attached hydrogens (tertiary/aromatic N) is 7. The van der Waals surface area contributed by atoms with Gasteiger partial charge in [0, 0.05) is 18.8 Å². The Balaban J connectivity index is 1.23. The van der Waals surface area contributed by atoms with E-state index in [1.165, 1.54) is 6.42 Å². The number of halogens is 2. The molecule has 0 amide bonds. The number of hydrogen-bond donors (Lipinski definition) is 0. The van der Waals surface area contributed by atoms with Crippen molar-refractivity contribution < 1.29 is 13.5 Å². The van der Waals surface area contributed by atoms with Gasteiger partial charge in [-0.3, -0.25) is 0 Å². The molecule has 0 aliphatic carbocycles. The Hall–Kier alpha value is -4.86. The lowest BCUT2D eigenvalue weighted by Crippen LogP contribution is -2.27. The molecule has 4 aromatic carbocycles. The van der Waals surface area contributed by atoms with Gasteiger partial charge in [0.05, 0.1) is 40.7 Å². The first kappa shape index (κ1) is 35.0. The number of alkyl halides is 2. The third-order valence-corrected chi connectivity index (χ3v) is 7.14. The fourth-order valence-corrected chi connectivity index (χ4v) is 4.96. The van der Waals surface area contributed by atoms with E-state index in [-0.39, 0.29) is 13.1 Å². The number of ether oxygens (including phenoxy) is 1. The molecule has 0 saturated heterocycles. The molecule has 1 atom stereocenters. The van der Waals surface area contributed by atoms with Gasteiger partial charge in [-0.15, -0.1) is 0 Å². The van der Waals surface area contributed by atoms with Gasteiger partial charge in [-0.25, -0.2) is 8.78 Å². The Morgan fingerprint density at radius 1 is 0.574 bits per heavy atom. The first-order chi connectivity index (χ1) is 22.7. The molecule has 0 heterocycles. The largest absolute Gasteiger partial charge is 0.494 e. The molecule has 0 saturated carbocycles. The summed E-state index contributed by atoms with van der Waals surface area (Å²) in [7, 11) is 0. The van der Waals surface area contributed by atoms with Crippen molar-refractivity contribution in [2.24, 2.45) is 42.0 Å². The number of rotatable bonds is 16. The maximum atomic E-state index is 12.7. The zero-order valence-corrected chi connectivity index (χ0v) is 27.6. The molecule has 0 aliphatic heterocycles. The van der Waals surface area contributed by atoms with Crippen LogP contribution >= 0.6 is 0 Å². The van der Waals surface area contributed by atoms with Crippen molar-refractivity contribution in [2.45, 2.75) is 40.5 Å². The highest BCUT2D eigenvalue weighted by Crippen LogP contribution is 2.28. The molecular formula is C37H43F2N7O. The lowest BCUT2D eigenvalue weighted by Gasteiger charge is -2.23. The zero-order valence-electron chi connectivity index (χ0n) is 27.6. The van der Waals surface area contributed by atoms with E-state index >= 15 is 0 Å². The number of hydrogen-bond acceptors (Lipinski definition) is 8. The molecule has 4 aromatic rings. The summed E-state index contributed by atoms with van der Waals surface area (Å²) in [5.74, 6) is 1.45. The first-order valence-corrected chi connectivity index (χ1v) is 15.9. The molecule has 1 unspecified atom stereocenters. The summed E-state index contributed by atoms with van der Waals surface area (Å²) >= 11 is 0. The van der Waals surface area contributed by atoms with Crippen molar-refractivity contribution in [1.29, 1.82) is 0 Å². The Bertz CT molecular complexity index is 1580. The third-order valence-electron chi connectivity index (χ3n) is 7.14. The molecule has 0 aliphatic rings. The first-order valence-electron chi connectivity index (χ1n) is 15.9. The monoisotopic (exact) mass is 639 g/mol. The highest BCUT2D eigenvalue weighted by Gasteiger charge is 2.15. The molecule has 8 nitrogen and oxygen atoms in total. The van der Waals surface area contributed by atoms with E-state index < -0.39 is 13.3 Å². The molecule has 0 aromatic heterocycles. The minimum absolute atomic E-state index is 0.149. The molecule has 0 bridgehead atoms. The van der Waals surface area contributed by atoms with Gasteiger partial charge in [0.1, 0.15) is 19.1 Å². The van der Waals surface area contributed by atoms with Crippen LogP contribution in [0.4, 0.5) is 48.6 Å². The Morgan fingerprint density at radius 3 is 1.26 bits per heavy atom. The molecular weight excluding hydrogens is 596 g/mol. The smallest absolute Gasteiger partial charge is 0.119 e. The normalized spacial score (nSPS) is 12.7. The van der Waals surface area contributed by atoms with Crippen LogP contribution < -0.4 is 9.64 Å². The Kier molecular flexibility index (Phi) is 13.2. The van der Waals surface area contributed by atoms with Gasteiger partial charge in [-0.2, -0.15) is 30.7 Å². The van der Waals surface area contributed by atoms with Gasteiger partial charge in [0.25, 0.3) is 0 Å². The van der Waals surface area contributed by atoms with Gasteiger partial charge in [-0.05, 0) is 121 Å². The van der Waals surface area contributed by atoms with Crippen molar-refractivity contribution in [3.63, 3.8) is 0 Å². The quantitative estimate of drug-likeness (QED) is 0.114. The van der Waals surface area contributed by atoms with Crippen LogP contribution in [0.2, 0.25) is 0 Å². The summed E-state index contributed by atoms with van der Waals surface area (Å²) in [6.45, 7) is 9.00. The van der Waals surface area contributed by atoms with Crippen LogP contribution in [-0.2, 0) is 0 Å². The molecule has 4 rings (SSSR count). The molecule has 0 N–H and O–H groups in total. The summed E-state index contributed by atoms with van der Waals surface area (Å²) in [5.41, 5.74) is 5.18. The van der Waals surface area contributed by atoms with Gasteiger partial charge >= 0.3 is 0 Å². The fraction of sp³-hybridized carbons (Fsp3) is 0.351. The van der Waals surface area contributed by atoms with Crippen molar-refractivity contribution in [3.05, 3.63) is 97.1 Å². The van der Waals surface area contributed by atoms with Crippen LogP contribution in [0.5, 0.6) is 5.75 Å². The van der Waals surface area contributed by atoms with E-state index in [0.29, 0.717) is 46.4 Å². The average Bonchev–Trinajstić information content (AvgIpc) is 3.06. The Morgan fingerprint density at radius 2 is 0.915 bits per heavy atom. The number of benzene rings is 4. The molecule has 246 valence electrons. The second-order valence-corrected chi connectivity index (χ2v) is 12.5. The zero-order chi connectivity index (χ0) is 33.5. The van der Waals surface area contributed by atoms with Crippen molar-refractivity contribution >= 4 is 39.8 Å². The van der Waals surface area contributed by atoms with Gasteiger partial charge in [0.2, 0.25) is 0 Å². The van der Waals surface area contributed by atoms with Crippen LogP contribution in [-0.4, -0.2) is 33.0 Å². The van der Waals surface area contributed by atoms with E-state index in [0.717, 1.165) is 23.5 Å². The van der Waals surface area contributed by atoms with Crippen LogP contribution in [0, 0.1) is 11.3 Å². The van der Waals surface area contributed by atoms with Gasteiger partial charge in [0.15, 0.2) is 0 Å². The lowest BCUT2D eigenvalue weighted by atomic mass is 9.84. The van der Waals surface area contributed by atoms with Crippen LogP contribution in [0.3, 0.4) is 0 Å². The molecule has 10 heteroatoms. The molecule has 0 spiro atoms. The predicted octanol–water partition coefficient (Wildman–Crippen LogP) is 12.5. The van der Waals surface area contributed by atoms with Gasteiger partial charge in [-0.1, -0.05) is 27.7 Å². The lowest BCUT2D eigenvalue weighted by molar-refractivity contribution is 0.240. The average molecular weight is 640 g/mol. The standard InChI is InChI=1S/C37H43F2N7O/c1-28(27-37(2,3)4)21-26-47-36-19-15-34(16-20-36)45-43-32-11-7-30(8-12-32)41-40-29-5-9-31(10-6-29)42-44-33-13-17-35(18-14-33)46(24-22-38)25-23-39/h5-20,28H,21-27H2,1-4H3/b41-40+,44-42+,45-43+. The third kappa shape index (κ3) is 12.5. The Labute approximate surface area is 276 Å². The van der Waals surface area contributed by atoms with Crippen molar-refractivity contribution in [2.75, 3.05) is 37.9 Å². The summed E-state index contributed by atoms with van der Waals surface area (Å²) in [5, 5.41) is 25.8.